The summed E-state index contributed by atoms with van der Waals surface area (Å²) in [5, 5.41) is 20.2. The second-order valence-electron chi connectivity index (χ2n) is 6.33. The van der Waals surface area contributed by atoms with Crippen molar-refractivity contribution in [1.29, 1.82) is 0 Å². The van der Waals surface area contributed by atoms with Crippen molar-refractivity contribution in [2.75, 3.05) is 20.3 Å². The standard InChI is InChI=1S/C23H22O6/c1-27-18-9-7-16(8-10-18)23(26)21-12-11-20(13-22(21)25)29-15-17(24)14-28-19-5-3-2-4-6-19/h2-13,17,24-25H,14-15H2,1H3. The second-order valence-corrected chi connectivity index (χ2v) is 6.33. The lowest BCUT2D eigenvalue weighted by atomic mass is 10.0. The summed E-state index contributed by atoms with van der Waals surface area (Å²) in [6.07, 6.45) is -0.849. The molecule has 2 N–H and O–H groups in total. The average Bonchev–Trinajstić information content (AvgIpc) is 2.76. The Balaban J connectivity index is 1.56. The van der Waals surface area contributed by atoms with Crippen LogP contribution in [0.15, 0.2) is 72.8 Å². The molecule has 3 aromatic rings. The van der Waals surface area contributed by atoms with E-state index in [2.05, 4.69) is 0 Å². The smallest absolute Gasteiger partial charge is 0.196 e. The molecule has 0 heterocycles. The number of ether oxygens (including phenoxy) is 3. The summed E-state index contributed by atoms with van der Waals surface area (Å²) in [6.45, 7) is 0.0576. The average molecular weight is 394 g/mol. The van der Waals surface area contributed by atoms with Crippen molar-refractivity contribution in [2.24, 2.45) is 0 Å². The number of phenolic OH excluding ortho intramolecular Hbond substituents is 1. The van der Waals surface area contributed by atoms with Gasteiger partial charge in [0.25, 0.3) is 0 Å². The number of carbonyl (C=O) groups excluding carboxylic acids is 1. The number of hydrogen-bond acceptors (Lipinski definition) is 6. The Morgan fingerprint density at radius 3 is 2.10 bits per heavy atom. The van der Waals surface area contributed by atoms with Gasteiger partial charge in [-0.1, -0.05) is 18.2 Å². The third-order valence-electron chi connectivity index (χ3n) is 4.19. The van der Waals surface area contributed by atoms with Gasteiger partial charge in [-0.05, 0) is 48.5 Å². The highest BCUT2D eigenvalue weighted by atomic mass is 16.5. The van der Waals surface area contributed by atoms with E-state index in [-0.39, 0.29) is 30.3 Å². The molecular weight excluding hydrogens is 372 g/mol. The highest BCUT2D eigenvalue weighted by Crippen LogP contribution is 2.26. The minimum absolute atomic E-state index is 0.0158. The largest absolute Gasteiger partial charge is 0.507 e. The molecule has 1 unspecified atom stereocenters. The van der Waals surface area contributed by atoms with Crippen molar-refractivity contribution in [3.63, 3.8) is 0 Å². The first-order valence-electron chi connectivity index (χ1n) is 9.07. The van der Waals surface area contributed by atoms with Gasteiger partial charge in [-0.2, -0.15) is 0 Å². The Morgan fingerprint density at radius 2 is 1.48 bits per heavy atom. The molecular formula is C23H22O6. The number of carbonyl (C=O) groups is 1. The summed E-state index contributed by atoms with van der Waals surface area (Å²) in [7, 11) is 1.55. The number of rotatable bonds is 9. The van der Waals surface area contributed by atoms with Gasteiger partial charge in [-0.3, -0.25) is 4.79 Å². The second kappa shape index (κ2) is 9.61. The topological polar surface area (TPSA) is 85.2 Å². The summed E-state index contributed by atoms with van der Waals surface area (Å²) in [5.74, 6) is 1.13. The van der Waals surface area contributed by atoms with Crippen molar-refractivity contribution in [1.82, 2.24) is 0 Å². The molecule has 0 amide bonds. The molecule has 29 heavy (non-hydrogen) atoms. The Hall–Kier alpha value is -3.51. The Morgan fingerprint density at radius 1 is 0.862 bits per heavy atom. The predicted molar refractivity (Wildman–Crippen MR) is 108 cm³/mol. The van der Waals surface area contributed by atoms with E-state index in [1.165, 1.54) is 12.1 Å². The van der Waals surface area contributed by atoms with Crippen LogP contribution in [0.2, 0.25) is 0 Å². The van der Waals surface area contributed by atoms with Crippen LogP contribution >= 0.6 is 0 Å². The zero-order valence-electron chi connectivity index (χ0n) is 15.9. The molecule has 0 saturated heterocycles. The van der Waals surface area contributed by atoms with E-state index in [4.69, 9.17) is 14.2 Å². The minimum atomic E-state index is -0.849. The maximum atomic E-state index is 12.6. The van der Waals surface area contributed by atoms with Gasteiger partial charge in [0.15, 0.2) is 5.78 Å². The zero-order valence-corrected chi connectivity index (χ0v) is 15.9. The van der Waals surface area contributed by atoms with Crippen molar-refractivity contribution in [3.05, 3.63) is 83.9 Å². The number of ketones is 1. The van der Waals surface area contributed by atoms with E-state index in [0.29, 0.717) is 22.8 Å². The monoisotopic (exact) mass is 394 g/mol. The molecule has 6 heteroatoms. The van der Waals surface area contributed by atoms with Crippen LogP contribution in [0.5, 0.6) is 23.0 Å². The molecule has 6 nitrogen and oxygen atoms in total. The molecule has 3 rings (SSSR count). The Labute approximate surface area is 168 Å². The van der Waals surface area contributed by atoms with E-state index >= 15 is 0 Å². The van der Waals surface area contributed by atoms with E-state index in [9.17, 15) is 15.0 Å². The first-order valence-corrected chi connectivity index (χ1v) is 9.07. The van der Waals surface area contributed by atoms with E-state index in [1.54, 1.807) is 49.6 Å². The molecule has 150 valence electrons. The summed E-state index contributed by atoms with van der Waals surface area (Å²) in [5.41, 5.74) is 0.596. The molecule has 0 aliphatic carbocycles. The highest BCUT2D eigenvalue weighted by Gasteiger charge is 2.15. The number of para-hydroxylation sites is 1. The molecule has 3 aromatic carbocycles. The lowest BCUT2D eigenvalue weighted by Crippen LogP contribution is -2.25. The van der Waals surface area contributed by atoms with Crippen LogP contribution in [-0.2, 0) is 0 Å². The van der Waals surface area contributed by atoms with Gasteiger partial charge in [0.1, 0.15) is 42.3 Å². The fourth-order valence-corrected chi connectivity index (χ4v) is 2.64. The number of methoxy groups -OCH3 is 1. The summed E-state index contributed by atoms with van der Waals surface area (Å²) in [6, 6.07) is 20.2. The minimum Gasteiger partial charge on any atom is -0.507 e. The molecule has 0 aliphatic rings. The van der Waals surface area contributed by atoms with Gasteiger partial charge in [0.05, 0.1) is 12.7 Å². The van der Waals surface area contributed by atoms with E-state index in [0.717, 1.165) is 0 Å². The van der Waals surface area contributed by atoms with Crippen molar-refractivity contribution in [2.45, 2.75) is 6.10 Å². The van der Waals surface area contributed by atoms with Crippen LogP contribution in [-0.4, -0.2) is 42.4 Å². The van der Waals surface area contributed by atoms with Gasteiger partial charge in [0.2, 0.25) is 0 Å². The lowest BCUT2D eigenvalue weighted by molar-refractivity contribution is 0.0625. The van der Waals surface area contributed by atoms with E-state index in [1.807, 2.05) is 18.2 Å². The Kier molecular flexibility index (Phi) is 6.71. The van der Waals surface area contributed by atoms with Crippen LogP contribution < -0.4 is 14.2 Å². The molecule has 0 spiro atoms. The summed E-state index contributed by atoms with van der Waals surface area (Å²) < 4.78 is 16.0. The lowest BCUT2D eigenvalue weighted by Gasteiger charge is -2.14. The quantitative estimate of drug-likeness (QED) is 0.541. The highest BCUT2D eigenvalue weighted by molar-refractivity contribution is 6.10. The molecule has 0 aromatic heterocycles. The van der Waals surface area contributed by atoms with Crippen LogP contribution in [0.4, 0.5) is 0 Å². The summed E-state index contributed by atoms with van der Waals surface area (Å²) >= 11 is 0. The van der Waals surface area contributed by atoms with Gasteiger partial charge in [0, 0.05) is 11.6 Å². The van der Waals surface area contributed by atoms with Crippen LogP contribution in [0.3, 0.4) is 0 Å². The normalized spacial score (nSPS) is 11.5. The number of phenols is 1. The SMILES string of the molecule is COc1ccc(C(=O)c2ccc(OCC(O)COc3ccccc3)cc2O)cc1. The van der Waals surface area contributed by atoms with Crippen LogP contribution in [0.1, 0.15) is 15.9 Å². The van der Waals surface area contributed by atoms with Gasteiger partial charge in [-0.15, -0.1) is 0 Å². The first kappa shape index (κ1) is 20.2. The number of aliphatic hydroxyl groups excluding tert-OH is 1. The molecule has 0 aliphatic heterocycles. The maximum absolute atomic E-state index is 12.6. The fraction of sp³-hybridized carbons (Fsp3) is 0.174. The third-order valence-corrected chi connectivity index (χ3v) is 4.19. The van der Waals surface area contributed by atoms with Crippen molar-refractivity contribution >= 4 is 5.78 Å². The third kappa shape index (κ3) is 5.49. The number of hydrogen-bond donors (Lipinski definition) is 2. The van der Waals surface area contributed by atoms with Crippen LogP contribution in [0, 0.1) is 0 Å². The first-order chi connectivity index (χ1) is 14.1. The number of aromatic hydroxyl groups is 1. The van der Waals surface area contributed by atoms with Gasteiger partial charge < -0.3 is 24.4 Å². The van der Waals surface area contributed by atoms with Crippen molar-refractivity contribution < 1.29 is 29.2 Å². The molecule has 0 saturated carbocycles. The number of benzene rings is 3. The van der Waals surface area contributed by atoms with Crippen molar-refractivity contribution in [3.8, 4) is 23.0 Å². The maximum Gasteiger partial charge on any atom is 0.196 e. The molecule has 0 fully saturated rings. The van der Waals surface area contributed by atoms with Gasteiger partial charge in [-0.25, -0.2) is 0 Å². The molecule has 0 radical (unpaired) electrons. The fourth-order valence-electron chi connectivity index (χ4n) is 2.64. The predicted octanol–water partition coefficient (Wildman–Crippen LogP) is 3.45. The number of aliphatic hydroxyl groups is 1. The Bertz CT molecular complexity index is 937. The van der Waals surface area contributed by atoms with Crippen LogP contribution in [0.25, 0.3) is 0 Å². The zero-order chi connectivity index (χ0) is 20.6. The van der Waals surface area contributed by atoms with E-state index < -0.39 is 6.10 Å². The molecule has 1 atom stereocenters. The molecule has 0 bridgehead atoms. The summed E-state index contributed by atoms with van der Waals surface area (Å²) in [4.78, 5) is 12.6. The van der Waals surface area contributed by atoms with Gasteiger partial charge >= 0.3 is 0 Å².